The highest BCUT2D eigenvalue weighted by Gasteiger charge is 2.31. The minimum absolute atomic E-state index is 0.154. The molecule has 2 rings (SSSR count). The Morgan fingerprint density at radius 2 is 2.16 bits per heavy atom. The Kier molecular flexibility index (Phi) is 4.80. The van der Waals surface area contributed by atoms with Gasteiger partial charge in [0.2, 0.25) is 11.8 Å². The van der Waals surface area contributed by atoms with E-state index in [1.165, 1.54) is 0 Å². The van der Waals surface area contributed by atoms with Gasteiger partial charge in [-0.15, -0.1) is 0 Å². The van der Waals surface area contributed by atoms with Crippen molar-refractivity contribution in [3.05, 3.63) is 0 Å². The number of piperidine rings is 1. The maximum atomic E-state index is 12.3. The van der Waals surface area contributed by atoms with Gasteiger partial charge in [-0.3, -0.25) is 9.59 Å². The number of amides is 2. The van der Waals surface area contributed by atoms with Gasteiger partial charge in [0.15, 0.2) is 0 Å². The quantitative estimate of drug-likeness (QED) is 0.810. The zero-order chi connectivity index (χ0) is 13.8. The number of carbonyl (C=O) groups is 2. The maximum absolute atomic E-state index is 12.3. The van der Waals surface area contributed by atoms with Crippen molar-refractivity contribution in [2.45, 2.75) is 45.1 Å². The summed E-state index contributed by atoms with van der Waals surface area (Å²) in [7, 11) is 0. The molecule has 2 aliphatic rings. The molecule has 5 nitrogen and oxygen atoms in total. The van der Waals surface area contributed by atoms with Gasteiger partial charge in [0, 0.05) is 45.1 Å². The number of hydrogen-bond acceptors (Lipinski definition) is 3. The molecule has 0 radical (unpaired) electrons. The van der Waals surface area contributed by atoms with Gasteiger partial charge < -0.3 is 15.5 Å². The highest BCUT2D eigenvalue weighted by atomic mass is 16.2. The van der Waals surface area contributed by atoms with Gasteiger partial charge in [-0.25, -0.2) is 0 Å². The van der Waals surface area contributed by atoms with E-state index in [0.29, 0.717) is 31.8 Å². The topological polar surface area (TPSA) is 66.6 Å². The van der Waals surface area contributed by atoms with Crippen molar-refractivity contribution in [2.75, 3.05) is 26.2 Å². The van der Waals surface area contributed by atoms with Crippen molar-refractivity contribution in [3.63, 3.8) is 0 Å². The molecule has 5 heteroatoms. The summed E-state index contributed by atoms with van der Waals surface area (Å²) in [6, 6.07) is 0.176. The molecule has 19 heavy (non-hydrogen) atoms. The molecule has 0 aliphatic carbocycles. The van der Waals surface area contributed by atoms with E-state index in [1.54, 1.807) is 0 Å². The zero-order valence-corrected chi connectivity index (χ0v) is 11.8. The van der Waals surface area contributed by atoms with Crippen molar-refractivity contribution in [3.8, 4) is 0 Å². The number of rotatable bonds is 4. The third-order valence-corrected chi connectivity index (χ3v) is 4.44. The van der Waals surface area contributed by atoms with E-state index >= 15 is 0 Å². The minimum Gasteiger partial charge on any atom is -0.342 e. The van der Waals surface area contributed by atoms with Crippen LogP contribution in [-0.4, -0.2) is 53.8 Å². The molecule has 0 bridgehead atoms. The molecule has 0 aromatic heterocycles. The average molecular weight is 267 g/mol. The fraction of sp³-hybridized carbons (Fsp3) is 0.857. The highest BCUT2D eigenvalue weighted by Crippen LogP contribution is 2.23. The molecule has 2 amide bonds. The summed E-state index contributed by atoms with van der Waals surface area (Å²) in [6.07, 6.45) is 4.22. The van der Waals surface area contributed by atoms with Crippen LogP contribution in [0.15, 0.2) is 0 Å². The Labute approximate surface area is 115 Å². The van der Waals surface area contributed by atoms with Crippen LogP contribution in [0.4, 0.5) is 0 Å². The lowest BCUT2D eigenvalue weighted by atomic mass is 9.90. The lowest BCUT2D eigenvalue weighted by molar-refractivity contribution is -0.137. The van der Waals surface area contributed by atoms with Crippen LogP contribution in [0.3, 0.4) is 0 Å². The molecule has 108 valence electrons. The Balaban J connectivity index is 1.86. The number of carbonyl (C=O) groups excluding carboxylic acids is 2. The summed E-state index contributed by atoms with van der Waals surface area (Å²) in [4.78, 5) is 27.6. The van der Waals surface area contributed by atoms with Crippen LogP contribution >= 0.6 is 0 Å². The lowest BCUT2D eigenvalue weighted by Gasteiger charge is -2.39. The van der Waals surface area contributed by atoms with Crippen LogP contribution in [-0.2, 0) is 9.59 Å². The van der Waals surface area contributed by atoms with Crippen molar-refractivity contribution in [2.24, 2.45) is 11.7 Å². The first-order valence-corrected chi connectivity index (χ1v) is 7.40. The first-order valence-electron chi connectivity index (χ1n) is 7.40. The summed E-state index contributed by atoms with van der Waals surface area (Å²) >= 11 is 0. The molecule has 2 saturated heterocycles. The van der Waals surface area contributed by atoms with E-state index in [1.807, 2.05) is 9.80 Å². The van der Waals surface area contributed by atoms with Crippen LogP contribution < -0.4 is 5.73 Å². The minimum atomic E-state index is 0.154. The monoisotopic (exact) mass is 267 g/mol. The summed E-state index contributed by atoms with van der Waals surface area (Å²) in [5, 5.41) is 0. The lowest BCUT2D eigenvalue weighted by Crippen LogP contribution is -2.51. The first kappa shape index (κ1) is 14.3. The van der Waals surface area contributed by atoms with Gasteiger partial charge in [-0.05, 0) is 25.2 Å². The third kappa shape index (κ3) is 3.26. The van der Waals surface area contributed by atoms with Crippen LogP contribution in [0, 0.1) is 5.92 Å². The van der Waals surface area contributed by atoms with Crippen LogP contribution in [0.1, 0.15) is 39.0 Å². The predicted molar refractivity (Wildman–Crippen MR) is 73.4 cm³/mol. The average Bonchev–Trinajstić information content (AvgIpc) is 2.81. The van der Waals surface area contributed by atoms with E-state index in [9.17, 15) is 9.59 Å². The van der Waals surface area contributed by atoms with Crippen molar-refractivity contribution in [1.29, 1.82) is 0 Å². The molecule has 0 unspecified atom stereocenters. The van der Waals surface area contributed by atoms with E-state index in [4.69, 9.17) is 5.73 Å². The predicted octanol–water partition coefficient (Wildman–Crippen LogP) is 0.585. The maximum Gasteiger partial charge on any atom is 0.224 e. The largest absolute Gasteiger partial charge is 0.342 e. The van der Waals surface area contributed by atoms with E-state index in [-0.39, 0.29) is 17.9 Å². The molecule has 2 fully saturated rings. The van der Waals surface area contributed by atoms with Gasteiger partial charge in [0.25, 0.3) is 0 Å². The van der Waals surface area contributed by atoms with Crippen molar-refractivity contribution in [1.82, 2.24) is 9.80 Å². The SMILES string of the molecule is C[C@@H]1CCCN(C(=O)CCN2CCCC2=O)[C@H]1CN. The van der Waals surface area contributed by atoms with Gasteiger partial charge in [0.1, 0.15) is 0 Å². The number of likely N-dealkylation sites (tertiary alicyclic amines) is 2. The van der Waals surface area contributed by atoms with Crippen LogP contribution in [0.2, 0.25) is 0 Å². The van der Waals surface area contributed by atoms with E-state index in [2.05, 4.69) is 6.92 Å². The third-order valence-electron chi connectivity index (χ3n) is 4.44. The second kappa shape index (κ2) is 6.37. The van der Waals surface area contributed by atoms with Crippen LogP contribution in [0.25, 0.3) is 0 Å². The Morgan fingerprint density at radius 1 is 1.37 bits per heavy atom. The number of nitrogens with zero attached hydrogens (tertiary/aromatic N) is 2. The van der Waals surface area contributed by atoms with E-state index < -0.39 is 0 Å². The Bertz CT molecular complexity index is 346. The summed E-state index contributed by atoms with van der Waals surface area (Å²) in [5.41, 5.74) is 5.80. The summed E-state index contributed by atoms with van der Waals surface area (Å²) < 4.78 is 0. The molecular formula is C14H25N3O2. The van der Waals surface area contributed by atoms with Gasteiger partial charge in [-0.1, -0.05) is 6.92 Å². The van der Waals surface area contributed by atoms with Crippen molar-refractivity contribution >= 4 is 11.8 Å². The van der Waals surface area contributed by atoms with Gasteiger partial charge in [0.05, 0.1) is 0 Å². The standard InChI is InChI=1S/C14H25N3O2/c1-11-4-2-8-17(12(11)10-15)14(19)6-9-16-7-3-5-13(16)18/h11-12H,2-10,15H2,1H3/t11-,12+/m1/s1. The van der Waals surface area contributed by atoms with Crippen LogP contribution in [0.5, 0.6) is 0 Å². The van der Waals surface area contributed by atoms with Crippen molar-refractivity contribution < 1.29 is 9.59 Å². The Morgan fingerprint density at radius 3 is 2.79 bits per heavy atom. The highest BCUT2D eigenvalue weighted by molar-refractivity contribution is 5.80. The first-order chi connectivity index (χ1) is 9.13. The van der Waals surface area contributed by atoms with Gasteiger partial charge in [-0.2, -0.15) is 0 Å². The molecule has 0 saturated carbocycles. The fourth-order valence-electron chi connectivity index (χ4n) is 3.23. The second-order valence-electron chi connectivity index (χ2n) is 5.74. The summed E-state index contributed by atoms with van der Waals surface area (Å²) in [6.45, 7) is 4.90. The molecule has 2 N–H and O–H groups in total. The smallest absolute Gasteiger partial charge is 0.224 e. The summed E-state index contributed by atoms with van der Waals surface area (Å²) in [5.74, 6) is 0.827. The normalized spacial score (nSPS) is 28.0. The molecule has 0 aromatic rings. The zero-order valence-electron chi connectivity index (χ0n) is 11.8. The molecule has 0 spiro atoms. The fourth-order valence-corrected chi connectivity index (χ4v) is 3.23. The van der Waals surface area contributed by atoms with E-state index in [0.717, 1.165) is 32.4 Å². The number of nitrogens with two attached hydrogens (primary N) is 1. The molecule has 0 aromatic carbocycles. The molecule has 2 heterocycles. The molecule has 2 aliphatic heterocycles. The number of hydrogen-bond donors (Lipinski definition) is 1. The Hall–Kier alpha value is -1.10. The van der Waals surface area contributed by atoms with Gasteiger partial charge >= 0.3 is 0 Å². The molecule has 2 atom stereocenters. The second-order valence-corrected chi connectivity index (χ2v) is 5.74. The molecular weight excluding hydrogens is 242 g/mol.